The lowest BCUT2D eigenvalue weighted by molar-refractivity contribution is -0.119. The Balaban J connectivity index is 2.02. The third-order valence-electron chi connectivity index (χ3n) is 3.71. The van der Waals surface area contributed by atoms with Crippen molar-refractivity contribution in [3.63, 3.8) is 0 Å². The molecule has 0 aliphatic rings. The van der Waals surface area contributed by atoms with Crippen molar-refractivity contribution in [2.45, 2.75) is 20.8 Å². The zero-order valence-electron chi connectivity index (χ0n) is 14.6. The molecule has 1 heterocycles. The van der Waals surface area contributed by atoms with Crippen molar-refractivity contribution in [2.75, 3.05) is 19.0 Å². The summed E-state index contributed by atoms with van der Waals surface area (Å²) in [4.78, 5) is 38.6. The third-order valence-corrected chi connectivity index (χ3v) is 3.71. The number of anilines is 1. The van der Waals surface area contributed by atoms with Crippen molar-refractivity contribution >= 4 is 23.3 Å². The number of nitrogens with one attached hydrogen (secondary N) is 2. The van der Waals surface area contributed by atoms with E-state index in [1.165, 1.54) is 14.0 Å². The predicted molar refractivity (Wildman–Crippen MR) is 92.2 cm³/mol. The standard InChI is InChI=1S/C18H20N2O5/c1-10-16(12(3)21)11(2)19-17(10)18(23)25-9-15(22)20-13-7-5-6-8-14(13)24-4/h5-8,19H,9H2,1-4H3,(H,20,22). The Morgan fingerprint density at radius 3 is 2.44 bits per heavy atom. The maximum absolute atomic E-state index is 12.2. The molecular formula is C18H20N2O5. The Labute approximate surface area is 145 Å². The first-order valence-corrected chi connectivity index (χ1v) is 7.65. The van der Waals surface area contributed by atoms with Crippen molar-refractivity contribution < 1.29 is 23.9 Å². The maximum atomic E-state index is 12.2. The summed E-state index contributed by atoms with van der Waals surface area (Å²) in [6.45, 7) is 4.34. The maximum Gasteiger partial charge on any atom is 0.355 e. The Kier molecular flexibility index (Phi) is 5.59. The molecule has 1 amide bonds. The van der Waals surface area contributed by atoms with Gasteiger partial charge < -0.3 is 19.8 Å². The van der Waals surface area contributed by atoms with Gasteiger partial charge in [0, 0.05) is 11.3 Å². The Morgan fingerprint density at radius 1 is 1.16 bits per heavy atom. The van der Waals surface area contributed by atoms with E-state index in [9.17, 15) is 14.4 Å². The number of methoxy groups -OCH3 is 1. The number of para-hydroxylation sites is 2. The molecule has 0 saturated heterocycles. The molecule has 0 bridgehead atoms. The first-order valence-electron chi connectivity index (χ1n) is 7.65. The lowest BCUT2D eigenvalue weighted by Crippen LogP contribution is -2.21. The number of rotatable bonds is 6. The summed E-state index contributed by atoms with van der Waals surface area (Å²) < 4.78 is 10.2. The van der Waals surface area contributed by atoms with Crippen molar-refractivity contribution in [1.82, 2.24) is 4.98 Å². The molecular weight excluding hydrogens is 324 g/mol. The number of ketones is 1. The minimum atomic E-state index is -0.691. The van der Waals surface area contributed by atoms with E-state index >= 15 is 0 Å². The molecule has 0 atom stereocenters. The lowest BCUT2D eigenvalue weighted by Gasteiger charge is -2.10. The van der Waals surface area contributed by atoms with Crippen LogP contribution >= 0.6 is 0 Å². The summed E-state index contributed by atoms with van der Waals surface area (Å²) in [7, 11) is 1.49. The number of ether oxygens (including phenoxy) is 2. The highest BCUT2D eigenvalue weighted by molar-refractivity contribution is 6.02. The van der Waals surface area contributed by atoms with Gasteiger partial charge in [-0.2, -0.15) is 0 Å². The van der Waals surface area contributed by atoms with Crippen LogP contribution in [0.2, 0.25) is 0 Å². The van der Waals surface area contributed by atoms with E-state index < -0.39 is 18.5 Å². The number of hydrogen-bond acceptors (Lipinski definition) is 5. The molecule has 0 aliphatic heterocycles. The van der Waals surface area contributed by atoms with Gasteiger partial charge in [0.15, 0.2) is 12.4 Å². The van der Waals surface area contributed by atoms with Gasteiger partial charge in [0.05, 0.1) is 12.8 Å². The van der Waals surface area contributed by atoms with Gasteiger partial charge >= 0.3 is 5.97 Å². The molecule has 0 aliphatic carbocycles. The van der Waals surface area contributed by atoms with Gasteiger partial charge in [-0.05, 0) is 38.5 Å². The highest BCUT2D eigenvalue weighted by Crippen LogP contribution is 2.23. The fourth-order valence-corrected chi connectivity index (χ4v) is 2.62. The Morgan fingerprint density at radius 2 is 1.84 bits per heavy atom. The second-order valence-electron chi connectivity index (χ2n) is 5.51. The number of carbonyl (C=O) groups is 3. The van der Waals surface area contributed by atoms with Crippen LogP contribution in [0.3, 0.4) is 0 Å². The molecule has 2 rings (SSSR count). The number of aryl methyl sites for hydroxylation is 1. The van der Waals surface area contributed by atoms with Gasteiger partial charge in [-0.25, -0.2) is 4.79 Å². The number of carbonyl (C=O) groups excluding carboxylic acids is 3. The fraction of sp³-hybridized carbons (Fsp3) is 0.278. The number of aromatic nitrogens is 1. The van der Waals surface area contributed by atoms with Crippen LogP contribution in [-0.2, 0) is 9.53 Å². The first-order chi connectivity index (χ1) is 11.8. The van der Waals surface area contributed by atoms with E-state index in [4.69, 9.17) is 9.47 Å². The van der Waals surface area contributed by atoms with E-state index in [0.717, 1.165) is 0 Å². The number of amides is 1. The van der Waals surface area contributed by atoms with Gasteiger partial charge in [0.2, 0.25) is 0 Å². The van der Waals surface area contributed by atoms with Gasteiger partial charge in [-0.1, -0.05) is 12.1 Å². The van der Waals surface area contributed by atoms with Crippen molar-refractivity contribution in [2.24, 2.45) is 0 Å². The molecule has 2 N–H and O–H groups in total. The molecule has 0 saturated carbocycles. The topological polar surface area (TPSA) is 97.5 Å². The third kappa shape index (κ3) is 4.06. The minimum absolute atomic E-state index is 0.140. The van der Waals surface area contributed by atoms with Gasteiger partial charge in [0.1, 0.15) is 11.4 Å². The van der Waals surface area contributed by atoms with Crippen LogP contribution in [-0.4, -0.2) is 36.4 Å². The van der Waals surface area contributed by atoms with Crippen LogP contribution in [0, 0.1) is 13.8 Å². The van der Waals surface area contributed by atoms with Crippen LogP contribution < -0.4 is 10.1 Å². The first kappa shape index (κ1) is 18.3. The number of hydrogen-bond donors (Lipinski definition) is 2. The number of Topliss-reactive ketones (excluding diaryl/α,β-unsaturated/α-hetero) is 1. The van der Waals surface area contributed by atoms with Gasteiger partial charge in [0.25, 0.3) is 5.91 Å². The Bertz CT molecular complexity index is 823. The molecule has 7 nitrogen and oxygen atoms in total. The molecule has 132 valence electrons. The fourth-order valence-electron chi connectivity index (χ4n) is 2.62. The molecule has 0 fully saturated rings. The molecule has 1 aromatic carbocycles. The van der Waals surface area contributed by atoms with Crippen LogP contribution in [0.25, 0.3) is 0 Å². The highest BCUT2D eigenvalue weighted by atomic mass is 16.5. The second-order valence-corrected chi connectivity index (χ2v) is 5.51. The van der Waals surface area contributed by atoms with Crippen molar-refractivity contribution in [1.29, 1.82) is 0 Å². The van der Waals surface area contributed by atoms with Crippen LogP contribution in [0.15, 0.2) is 24.3 Å². The highest BCUT2D eigenvalue weighted by Gasteiger charge is 2.21. The van der Waals surface area contributed by atoms with Crippen LogP contribution in [0.1, 0.15) is 39.0 Å². The number of aromatic amines is 1. The van der Waals surface area contributed by atoms with E-state index in [0.29, 0.717) is 28.3 Å². The predicted octanol–water partition coefficient (Wildman–Crippen LogP) is 2.64. The number of benzene rings is 1. The van der Waals surface area contributed by atoms with Gasteiger partial charge in [-0.3, -0.25) is 9.59 Å². The SMILES string of the molecule is COc1ccccc1NC(=O)COC(=O)c1[nH]c(C)c(C(C)=O)c1C. The van der Waals surface area contributed by atoms with E-state index in [2.05, 4.69) is 10.3 Å². The molecule has 1 aromatic heterocycles. The zero-order valence-corrected chi connectivity index (χ0v) is 14.6. The molecule has 0 unspecified atom stereocenters. The normalized spacial score (nSPS) is 10.2. The largest absolute Gasteiger partial charge is 0.495 e. The molecule has 25 heavy (non-hydrogen) atoms. The van der Waals surface area contributed by atoms with Crippen molar-refractivity contribution in [3.8, 4) is 5.75 Å². The molecule has 0 radical (unpaired) electrons. The quantitative estimate of drug-likeness (QED) is 0.620. The van der Waals surface area contributed by atoms with E-state index in [1.807, 2.05) is 0 Å². The summed E-state index contributed by atoms with van der Waals surface area (Å²) >= 11 is 0. The average molecular weight is 344 g/mol. The van der Waals surface area contributed by atoms with Gasteiger partial charge in [-0.15, -0.1) is 0 Å². The van der Waals surface area contributed by atoms with Crippen LogP contribution in [0.4, 0.5) is 5.69 Å². The summed E-state index contributed by atoms with van der Waals surface area (Å²) in [6.07, 6.45) is 0. The molecule has 0 spiro atoms. The summed E-state index contributed by atoms with van der Waals surface area (Å²) in [5, 5.41) is 2.61. The van der Waals surface area contributed by atoms with Crippen LogP contribution in [0.5, 0.6) is 5.75 Å². The lowest BCUT2D eigenvalue weighted by atomic mass is 10.1. The minimum Gasteiger partial charge on any atom is -0.495 e. The zero-order chi connectivity index (χ0) is 18.6. The smallest absolute Gasteiger partial charge is 0.355 e. The van der Waals surface area contributed by atoms with E-state index in [-0.39, 0.29) is 11.5 Å². The number of esters is 1. The second kappa shape index (κ2) is 7.65. The summed E-state index contributed by atoms with van der Waals surface area (Å²) in [5.74, 6) is -0.822. The molecule has 2 aromatic rings. The summed E-state index contributed by atoms with van der Waals surface area (Å²) in [6, 6.07) is 6.90. The summed E-state index contributed by atoms with van der Waals surface area (Å²) in [5.41, 5.74) is 2.23. The van der Waals surface area contributed by atoms with E-state index in [1.54, 1.807) is 38.1 Å². The Hall–Kier alpha value is -3.09. The number of H-pyrrole nitrogens is 1. The van der Waals surface area contributed by atoms with Crippen molar-refractivity contribution in [3.05, 3.63) is 46.8 Å². The average Bonchev–Trinajstić information content (AvgIpc) is 2.87. The monoisotopic (exact) mass is 344 g/mol. The molecule has 7 heteroatoms.